The molecule has 14 heteroatoms. The van der Waals surface area contributed by atoms with Gasteiger partial charge in [0.25, 0.3) is 0 Å². The molecule has 170 valence electrons. The van der Waals surface area contributed by atoms with Gasteiger partial charge in [0.05, 0.1) is 3.57 Å². The maximum absolute atomic E-state index is 13.6. The molecule has 0 radical (unpaired) electrons. The van der Waals surface area contributed by atoms with Crippen LogP contribution in [0.2, 0.25) is 0 Å². The Kier molecular flexibility index (Phi) is 6.18. The number of hydrogen-bond donors (Lipinski definition) is 2. The number of halogens is 3. The lowest BCUT2D eigenvalue weighted by Gasteiger charge is -2.34. The van der Waals surface area contributed by atoms with Gasteiger partial charge in [-0.3, -0.25) is 14.1 Å². The van der Waals surface area contributed by atoms with E-state index in [2.05, 4.69) is 4.74 Å². The second kappa shape index (κ2) is 8.12. The quantitative estimate of drug-likeness (QED) is 0.173. The molecule has 1 aromatic carbocycles. The third kappa shape index (κ3) is 4.32. The lowest BCUT2D eigenvalue weighted by atomic mass is 9.87. The maximum Gasteiger partial charge on any atom is 0.465 e. The highest BCUT2D eigenvalue weighted by Crippen LogP contribution is 2.46. The van der Waals surface area contributed by atoms with E-state index in [1.54, 1.807) is 29.5 Å². The van der Waals surface area contributed by atoms with E-state index in [0.717, 1.165) is 0 Å². The summed E-state index contributed by atoms with van der Waals surface area (Å²) in [5, 5.41) is 4.29. The average Bonchev–Trinajstić information content (AvgIpc) is 2.85. The summed E-state index contributed by atoms with van der Waals surface area (Å²) in [7, 11) is -6.10. The van der Waals surface area contributed by atoms with Crippen molar-refractivity contribution in [1.29, 1.82) is 0 Å². The number of carbonyl (C=O) groups is 3. The summed E-state index contributed by atoms with van der Waals surface area (Å²) in [5.41, 5.74) is 0. The Bertz CT molecular complexity index is 1040. The van der Waals surface area contributed by atoms with Crippen LogP contribution in [0.25, 0.3) is 0 Å². The van der Waals surface area contributed by atoms with Crippen LogP contribution in [-0.2, 0) is 34.0 Å². The zero-order valence-electron chi connectivity index (χ0n) is 15.5. The first-order valence-corrected chi connectivity index (χ1v) is 11.2. The SMILES string of the molecule is CC1CC2C(C(=O)Oc3ccc(O)c(I)c3)C(=O)OC1C2OC(=O)C(F)(F)S(=O)(=O)O. The predicted molar refractivity (Wildman–Crippen MR) is 103 cm³/mol. The smallest absolute Gasteiger partial charge is 0.465 e. The van der Waals surface area contributed by atoms with Crippen LogP contribution in [0.1, 0.15) is 13.3 Å². The Morgan fingerprint density at radius 2 is 1.97 bits per heavy atom. The van der Waals surface area contributed by atoms with E-state index in [9.17, 15) is 36.7 Å². The fourth-order valence-electron chi connectivity index (χ4n) is 3.61. The standard InChI is InChI=1S/C17H15F2IO10S/c1-6-4-8-11(14(22)28-7-2-3-10(21)9(20)5-7)15(23)29-12(6)13(8)30-16(24)17(18,19)31(25,26)27/h2-3,5-6,8,11-13,21H,4H2,1H3,(H,25,26,27). The van der Waals surface area contributed by atoms with E-state index in [1.165, 1.54) is 18.2 Å². The van der Waals surface area contributed by atoms with Gasteiger partial charge in [0.2, 0.25) is 0 Å². The first kappa shape index (κ1) is 23.6. The minimum Gasteiger partial charge on any atom is -0.507 e. The summed E-state index contributed by atoms with van der Waals surface area (Å²) in [6.45, 7) is 1.57. The number of phenols is 1. The topological polar surface area (TPSA) is 153 Å². The van der Waals surface area contributed by atoms with Crippen LogP contribution in [0.3, 0.4) is 0 Å². The fourth-order valence-corrected chi connectivity index (χ4v) is 4.36. The molecule has 2 aliphatic rings. The number of alkyl halides is 2. The van der Waals surface area contributed by atoms with Gasteiger partial charge in [-0.1, -0.05) is 6.92 Å². The molecule has 1 aromatic rings. The van der Waals surface area contributed by atoms with Crippen molar-refractivity contribution in [2.45, 2.75) is 30.8 Å². The second-order valence-corrected chi connectivity index (χ2v) is 9.78. The summed E-state index contributed by atoms with van der Waals surface area (Å²) in [6, 6.07) is 3.82. The molecule has 10 nitrogen and oxygen atoms in total. The minimum absolute atomic E-state index is 0.0142. The van der Waals surface area contributed by atoms with Crippen LogP contribution >= 0.6 is 22.6 Å². The summed E-state index contributed by atoms with van der Waals surface area (Å²) in [6.07, 6.45) is -2.68. The summed E-state index contributed by atoms with van der Waals surface area (Å²) >= 11 is 1.78. The molecule has 1 aliphatic heterocycles. The van der Waals surface area contributed by atoms with E-state index >= 15 is 0 Å². The highest BCUT2D eigenvalue weighted by Gasteiger charge is 2.62. The number of ether oxygens (including phenoxy) is 3. The van der Waals surface area contributed by atoms with Crippen molar-refractivity contribution >= 4 is 50.6 Å². The molecule has 3 rings (SSSR count). The first-order chi connectivity index (χ1) is 14.2. The monoisotopic (exact) mass is 576 g/mol. The van der Waals surface area contributed by atoms with Crippen molar-refractivity contribution in [2.24, 2.45) is 17.8 Å². The molecule has 1 aliphatic carbocycles. The molecule has 5 atom stereocenters. The Hall–Kier alpha value is -2.07. The van der Waals surface area contributed by atoms with Crippen molar-refractivity contribution in [3.8, 4) is 11.5 Å². The van der Waals surface area contributed by atoms with E-state index in [0.29, 0.717) is 3.57 Å². The summed E-state index contributed by atoms with van der Waals surface area (Å²) < 4.78 is 72.6. The number of fused-ring (bicyclic) bond motifs is 2. The second-order valence-electron chi connectivity index (χ2n) is 7.15. The van der Waals surface area contributed by atoms with Gasteiger partial charge in [-0.05, 0) is 53.1 Å². The number of esters is 3. The van der Waals surface area contributed by atoms with Crippen LogP contribution in [0, 0.1) is 21.3 Å². The van der Waals surface area contributed by atoms with Crippen molar-refractivity contribution in [3.05, 3.63) is 21.8 Å². The Balaban J connectivity index is 1.84. The number of benzene rings is 1. The number of rotatable bonds is 5. The van der Waals surface area contributed by atoms with Crippen LogP contribution in [0.5, 0.6) is 11.5 Å². The number of phenolic OH excluding ortho intramolecular Hbond substituents is 1. The average molecular weight is 576 g/mol. The van der Waals surface area contributed by atoms with Gasteiger partial charge >= 0.3 is 33.3 Å². The molecule has 2 bridgehead atoms. The fraction of sp³-hybridized carbons (Fsp3) is 0.471. The normalized spacial score (nSPS) is 28.0. The third-order valence-electron chi connectivity index (χ3n) is 5.08. The van der Waals surface area contributed by atoms with Crippen molar-refractivity contribution < 1.29 is 55.5 Å². The van der Waals surface area contributed by atoms with Crippen molar-refractivity contribution in [3.63, 3.8) is 0 Å². The van der Waals surface area contributed by atoms with E-state index < -0.39 is 63.2 Å². The van der Waals surface area contributed by atoms with E-state index in [4.69, 9.17) is 14.0 Å². The van der Waals surface area contributed by atoms with Gasteiger partial charge in [0.15, 0.2) is 5.92 Å². The summed E-state index contributed by atoms with van der Waals surface area (Å²) in [5.74, 6) is -8.01. The minimum atomic E-state index is -6.10. The van der Waals surface area contributed by atoms with Gasteiger partial charge in [0, 0.05) is 5.92 Å². The molecule has 2 fully saturated rings. The highest BCUT2D eigenvalue weighted by molar-refractivity contribution is 14.1. The van der Waals surface area contributed by atoms with Crippen LogP contribution in [-0.4, -0.2) is 53.4 Å². The summed E-state index contributed by atoms with van der Waals surface area (Å²) in [4.78, 5) is 36.7. The molecule has 1 heterocycles. The Morgan fingerprint density at radius 1 is 1.32 bits per heavy atom. The third-order valence-corrected chi connectivity index (χ3v) is 6.76. The molecule has 2 N–H and O–H groups in total. The lowest BCUT2D eigenvalue weighted by molar-refractivity contribution is -0.197. The maximum atomic E-state index is 13.6. The molecular formula is C17H15F2IO10S. The highest BCUT2D eigenvalue weighted by atomic mass is 127. The van der Waals surface area contributed by atoms with E-state index in [-0.39, 0.29) is 17.9 Å². The van der Waals surface area contributed by atoms with Crippen LogP contribution in [0.4, 0.5) is 8.78 Å². The van der Waals surface area contributed by atoms with Crippen molar-refractivity contribution in [1.82, 2.24) is 0 Å². The molecule has 1 saturated heterocycles. The van der Waals surface area contributed by atoms with Gasteiger partial charge < -0.3 is 19.3 Å². The first-order valence-electron chi connectivity index (χ1n) is 8.70. The Morgan fingerprint density at radius 3 is 2.55 bits per heavy atom. The Labute approximate surface area is 187 Å². The lowest BCUT2D eigenvalue weighted by Crippen LogP contribution is -2.52. The number of aromatic hydroxyl groups is 1. The van der Waals surface area contributed by atoms with Crippen LogP contribution < -0.4 is 4.74 Å². The van der Waals surface area contributed by atoms with Gasteiger partial charge in [-0.25, -0.2) is 4.79 Å². The van der Waals surface area contributed by atoms with Gasteiger partial charge in [-0.2, -0.15) is 17.2 Å². The van der Waals surface area contributed by atoms with E-state index in [1.807, 2.05) is 0 Å². The molecule has 5 unspecified atom stereocenters. The molecule has 0 spiro atoms. The molecular weight excluding hydrogens is 561 g/mol. The number of hydrogen-bond acceptors (Lipinski definition) is 9. The molecule has 0 amide bonds. The molecule has 0 aromatic heterocycles. The van der Waals surface area contributed by atoms with Crippen molar-refractivity contribution in [2.75, 3.05) is 0 Å². The van der Waals surface area contributed by atoms with Gasteiger partial charge in [-0.15, -0.1) is 0 Å². The number of carbonyl (C=O) groups excluding carboxylic acids is 3. The predicted octanol–water partition coefficient (Wildman–Crippen LogP) is 1.49. The zero-order valence-corrected chi connectivity index (χ0v) is 18.5. The molecule has 1 saturated carbocycles. The van der Waals surface area contributed by atoms with Gasteiger partial charge in [0.1, 0.15) is 23.7 Å². The van der Waals surface area contributed by atoms with Crippen LogP contribution in [0.15, 0.2) is 18.2 Å². The zero-order chi connectivity index (χ0) is 23.3. The molecule has 31 heavy (non-hydrogen) atoms. The largest absolute Gasteiger partial charge is 0.507 e.